The van der Waals surface area contributed by atoms with Crippen molar-refractivity contribution in [2.45, 2.75) is 13.0 Å². The largest absolute Gasteiger partial charge is 0.358 e. The lowest BCUT2D eigenvalue weighted by Crippen LogP contribution is -2.30. The van der Waals surface area contributed by atoms with Crippen LogP contribution in [0.4, 0.5) is 17.3 Å². The molecule has 0 fully saturated rings. The van der Waals surface area contributed by atoms with Crippen molar-refractivity contribution in [3.8, 4) is 0 Å². The van der Waals surface area contributed by atoms with Crippen molar-refractivity contribution in [1.82, 2.24) is 15.4 Å². The second-order valence-corrected chi connectivity index (χ2v) is 6.96. The number of amides is 1. The lowest BCUT2D eigenvalue weighted by Gasteiger charge is -2.16. The van der Waals surface area contributed by atoms with Gasteiger partial charge in [0.2, 0.25) is 11.6 Å². The third kappa shape index (κ3) is 5.05. The summed E-state index contributed by atoms with van der Waals surface area (Å²) >= 11 is 3.29. The molecule has 9 nitrogen and oxygen atoms in total. The number of nitrogens with zero attached hydrogens (tertiary/aromatic N) is 3. The van der Waals surface area contributed by atoms with Gasteiger partial charge in [0.15, 0.2) is 0 Å². The highest BCUT2D eigenvalue weighted by molar-refractivity contribution is 9.10. The molecule has 1 amide bonds. The van der Waals surface area contributed by atoms with Gasteiger partial charge < -0.3 is 5.32 Å². The molecule has 3 rings (SSSR count). The van der Waals surface area contributed by atoms with Crippen molar-refractivity contribution in [2.75, 3.05) is 10.7 Å². The van der Waals surface area contributed by atoms with Gasteiger partial charge in [-0.3, -0.25) is 25.8 Å². The molecule has 1 aromatic heterocycles. The minimum atomic E-state index is -0.603. The molecule has 1 heterocycles. The molecule has 1 unspecified atom stereocenters. The minimum Gasteiger partial charge on any atom is -0.358 e. The van der Waals surface area contributed by atoms with Crippen molar-refractivity contribution >= 4 is 39.2 Å². The number of carbonyl (C=O) groups is 1. The van der Waals surface area contributed by atoms with E-state index in [4.69, 9.17) is 0 Å². The lowest BCUT2D eigenvalue weighted by molar-refractivity contribution is -0.383. The Bertz CT molecular complexity index is 1010. The Hall–Kier alpha value is -3.53. The highest BCUT2D eigenvalue weighted by Gasteiger charge is 2.24. The monoisotopic (exact) mass is 456 g/mol. The van der Waals surface area contributed by atoms with Gasteiger partial charge in [-0.1, -0.05) is 46.3 Å². The van der Waals surface area contributed by atoms with Gasteiger partial charge in [0, 0.05) is 10.0 Å². The number of anilines is 2. The van der Waals surface area contributed by atoms with E-state index in [1.807, 2.05) is 37.3 Å². The average Bonchev–Trinajstić information content (AvgIpc) is 2.73. The fourth-order valence-corrected chi connectivity index (χ4v) is 2.83. The molecule has 10 heteroatoms. The van der Waals surface area contributed by atoms with Gasteiger partial charge >= 0.3 is 5.69 Å². The Morgan fingerprint density at radius 1 is 1.07 bits per heavy atom. The molecule has 3 N–H and O–H groups in total. The lowest BCUT2D eigenvalue weighted by atomic mass is 10.1. The number of nitrogens with one attached hydrogen (secondary N) is 3. The minimum absolute atomic E-state index is 0.0433. The zero-order chi connectivity index (χ0) is 20.8. The van der Waals surface area contributed by atoms with Crippen LogP contribution < -0.4 is 16.2 Å². The molecule has 3 aromatic rings. The summed E-state index contributed by atoms with van der Waals surface area (Å²) in [5.41, 5.74) is 5.89. The van der Waals surface area contributed by atoms with Crippen LogP contribution in [0.5, 0.6) is 0 Å². The maximum atomic E-state index is 12.2. The molecule has 0 spiro atoms. The van der Waals surface area contributed by atoms with E-state index in [0.29, 0.717) is 5.56 Å². The number of hydrogen-bond donors (Lipinski definition) is 3. The van der Waals surface area contributed by atoms with Crippen molar-refractivity contribution in [1.29, 1.82) is 0 Å². The van der Waals surface area contributed by atoms with E-state index in [2.05, 4.69) is 42.1 Å². The molecule has 0 aliphatic carbocycles. The second kappa shape index (κ2) is 9.11. The number of hydrogen-bond acceptors (Lipinski definition) is 7. The van der Waals surface area contributed by atoms with Gasteiger partial charge in [0.25, 0.3) is 5.91 Å². The summed E-state index contributed by atoms with van der Waals surface area (Å²) in [4.78, 5) is 31.2. The summed E-state index contributed by atoms with van der Waals surface area (Å²) in [6.07, 6.45) is 1.18. The number of rotatable bonds is 7. The van der Waals surface area contributed by atoms with Crippen molar-refractivity contribution in [3.05, 3.63) is 86.6 Å². The maximum Gasteiger partial charge on any atom is 0.354 e. The number of nitro groups is 1. The molecule has 0 radical (unpaired) electrons. The number of aromatic nitrogens is 2. The van der Waals surface area contributed by atoms with E-state index >= 15 is 0 Å². The van der Waals surface area contributed by atoms with Crippen LogP contribution in [0.25, 0.3) is 0 Å². The van der Waals surface area contributed by atoms with Crippen LogP contribution in [0.15, 0.2) is 65.4 Å². The first-order valence-electron chi connectivity index (χ1n) is 8.58. The highest BCUT2D eigenvalue weighted by atomic mass is 79.9. The van der Waals surface area contributed by atoms with Gasteiger partial charge in [-0.05, 0) is 36.8 Å². The van der Waals surface area contributed by atoms with Crippen LogP contribution in [0.1, 0.15) is 28.9 Å². The molecule has 1 atom stereocenters. The van der Waals surface area contributed by atoms with E-state index in [9.17, 15) is 14.9 Å². The van der Waals surface area contributed by atoms with E-state index in [1.54, 1.807) is 24.3 Å². The molecule has 0 saturated heterocycles. The topological polar surface area (TPSA) is 122 Å². The first-order valence-corrected chi connectivity index (χ1v) is 9.38. The van der Waals surface area contributed by atoms with Crippen LogP contribution >= 0.6 is 15.9 Å². The molecule has 2 aromatic carbocycles. The van der Waals surface area contributed by atoms with Crippen LogP contribution in [0, 0.1) is 10.1 Å². The van der Waals surface area contributed by atoms with Gasteiger partial charge in [-0.2, -0.15) is 0 Å². The summed E-state index contributed by atoms with van der Waals surface area (Å²) in [7, 11) is 0. The number of hydrazine groups is 1. The molecular weight excluding hydrogens is 440 g/mol. The summed E-state index contributed by atoms with van der Waals surface area (Å²) in [5.74, 6) is -0.544. The fourth-order valence-electron chi connectivity index (χ4n) is 2.57. The second-order valence-electron chi connectivity index (χ2n) is 6.04. The fraction of sp³-hybridized carbons (Fsp3) is 0.105. The predicted molar refractivity (Wildman–Crippen MR) is 112 cm³/mol. The molecule has 0 saturated carbocycles. The molecular formula is C19H17BrN6O3. The van der Waals surface area contributed by atoms with Gasteiger partial charge in [0.1, 0.15) is 6.33 Å². The van der Waals surface area contributed by atoms with Crippen LogP contribution in [0.3, 0.4) is 0 Å². The van der Waals surface area contributed by atoms with Gasteiger partial charge in [-0.25, -0.2) is 9.97 Å². The van der Waals surface area contributed by atoms with Crippen LogP contribution in [-0.2, 0) is 0 Å². The Balaban J connectivity index is 1.78. The SMILES string of the molecule is CC(Nc1ncnc(NNC(=O)c2ccc(Br)cc2)c1[N+](=O)[O-])c1ccccc1. The summed E-state index contributed by atoms with van der Waals surface area (Å²) < 4.78 is 0.830. The normalized spacial score (nSPS) is 11.4. The summed E-state index contributed by atoms with van der Waals surface area (Å²) in [6, 6.07) is 15.9. The zero-order valence-electron chi connectivity index (χ0n) is 15.3. The molecule has 0 bridgehead atoms. The average molecular weight is 457 g/mol. The quantitative estimate of drug-likeness (QED) is 0.361. The predicted octanol–water partition coefficient (Wildman–Crippen LogP) is 4.08. The third-order valence-corrected chi connectivity index (χ3v) is 4.59. The van der Waals surface area contributed by atoms with Crippen LogP contribution in [0.2, 0.25) is 0 Å². The first-order chi connectivity index (χ1) is 14.0. The summed E-state index contributed by atoms with van der Waals surface area (Å²) in [5, 5.41) is 14.7. The Labute approximate surface area is 174 Å². The van der Waals surface area contributed by atoms with Crippen molar-refractivity contribution in [3.63, 3.8) is 0 Å². The Kier molecular flexibility index (Phi) is 6.35. The van der Waals surface area contributed by atoms with E-state index in [0.717, 1.165) is 10.0 Å². The Morgan fingerprint density at radius 3 is 2.38 bits per heavy atom. The van der Waals surface area contributed by atoms with E-state index in [-0.39, 0.29) is 23.4 Å². The molecule has 0 aliphatic rings. The summed E-state index contributed by atoms with van der Waals surface area (Å²) in [6.45, 7) is 1.86. The molecule has 0 aliphatic heterocycles. The maximum absolute atomic E-state index is 12.2. The first kappa shape index (κ1) is 20.2. The van der Waals surface area contributed by atoms with Crippen LogP contribution in [-0.4, -0.2) is 20.8 Å². The van der Waals surface area contributed by atoms with E-state index in [1.165, 1.54) is 6.33 Å². The standard InChI is InChI=1S/C19H17BrN6O3/c1-12(13-5-3-2-4-6-13)23-17-16(26(28)29)18(22-11-21-17)24-25-19(27)14-7-9-15(20)10-8-14/h2-12H,1H3,(H,25,27)(H2,21,22,23,24). The number of benzene rings is 2. The number of carbonyl (C=O) groups excluding carboxylic acids is 1. The van der Waals surface area contributed by atoms with E-state index < -0.39 is 10.8 Å². The Morgan fingerprint density at radius 2 is 1.72 bits per heavy atom. The van der Waals surface area contributed by atoms with Gasteiger partial charge in [0.05, 0.1) is 11.0 Å². The van der Waals surface area contributed by atoms with Crippen molar-refractivity contribution in [2.24, 2.45) is 0 Å². The highest BCUT2D eigenvalue weighted by Crippen LogP contribution is 2.31. The zero-order valence-corrected chi connectivity index (χ0v) is 16.9. The molecule has 29 heavy (non-hydrogen) atoms. The molecule has 148 valence electrons. The number of halogens is 1. The van der Waals surface area contributed by atoms with Crippen molar-refractivity contribution < 1.29 is 9.72 Å². The third-order valence-electron chi connectivity index (χ3n) is 4.06. The smallest absolute Gasteiger partial charge is 0.354 e. The van der Waals surface area contributed by atoms with Gasteiger partial charge in [-0.15, -0.1) is 0 Å².